The van der Waals surface area contributed by atoms with Gasteiger partial charge in [0.1, 0.15) is 30.2 Å². The van der Waals surface area contributed by atoms with Gasteiger partial charge in [-0.2, -0.15) is 0 Å². The summed E-state index contributed by atoms with van der Waals surface area (Å²) < 4.78 is 11.3. The zero-order valence-corrected chi connectivity index (χ0v) is 16.0. The average Bonchev–Trinajstić information content (AvgIpc) is 2.66. The van der Waals surface area contributed by atoms with Crippen LogP contribution in [0.15, 0.2) is 42.5 Å². The summed E-state index contributed by atoms with van der Waals surface area (Å²) in [6, 6.07) is 13.9. The first-order chi connectivity index (χ1) is 12.9. The summed E-state index contributed by atoms with van der Waals surface area (Å²) in [6.07, 6.45) is -3.96. The quantitative estimate of drug-likeness (QED) is 0.752. The lowest BCUT2D eigenvalue weighted by atomic mass is 9.89. The standard InChI is InChI=1S/C22H28O5/c1-4-26-18-9-6-15(7-10-18)11-17-12-16(8-5-13(17)2)22-21(25)20(24)19(23)14(3)27-22/h5-10,12,14,19-25H,4,11H2,1-3H3/t14-,19-,20+,21?,22+/m1/s1. The van der Waals surface area contributed by atoms with Gasteiger partial charge in [-0.15, -0.1) is 0 Å². The highest BCUT2D eigenvalue weighted by Gasteiger charge is 2.42. The molecule has 0 amide bonds. The maximum absolute atomic E-state index is 10.4. The monoisotopic (exact) mass is 372 g/mol. The van der Waals surface area contributed by atoms with E-state index in [1.165, 1.54) is 0 Å². The smallest absolute Gasteiger partial charge is 0.119 e. The lowest BCUT2D eigenvalue weighted by molar-refractivity contribution is -0.219. The number of rotatable bonds is 5. The van der Waals surface area contributed by atoms with Crippen LogP contribution in [0.2, 0.25) is 0 Å². The third kappa shape index (κ3) is 4.33. The SMILES string of the molecule is CCOc1ccc(Cc2cc([C@@H]3O[C@H](C)[C@@H](O)[C@H](O)C3O)ccc2C)cc1. The fraction of sp³-hybridized carbons (Fsp3) is 0.455. The van der Waals surface area contributed by atoms with Crippen molar-refractivity contribution in [1.29, 1.82) is 0 Å². The lowest BCUT2D eigenvalue weighted by Crippen LogP contribution is -2.53. The molecule has 3 rings (SSSR count). The highest BCUT2D eigenvalue weighted by atomic mass is 16.5. The molecule has 1 heterocycles. The zero-order valence-electron chi connectivity index (χ0n) is 16.0. The second-order valence-electron chi connectivity index (χ2n) is 7.17. The molecule has 5 heteroatoms. The number of benzene rings is 2. The van der Waals surface area contributed by atoms with E-state index in [0.717, 1.165) is 34.4 Å². The summed E-state index contributed by atoms with van der Waals surface area (Å²) in [5.41, 5.74) is 4.23. The Balaban J connectivity index is 1.82. The van der Waals surface area contributed by atoms with E-state index in [0.29, 0.717) is 6.61 Å². The van der Waals surface area contributed by atoms with Crippen LogP contribution in [0.3, 0.4) is 0 Å². The van der Waals surface area contributed by atoms with Gasteiger partial charge in [0, 0.05) is 0 Å². The minimum Gasteiger partial charge on any atom is -0.494 e. The van der Waals surface area contributed by atoms with Crippen LogP contribution in [0.4, 0.5) is 0 Å². The van der Waals surface area contributed by atoms with Gasteiger partial charge in [-0.3, -0.25) is 0 Å². The minimum absolute atomic E-state index is 0.552. The second kappa shape index (κ2) is 8.40. The summed E-state index contributed by atoms with van der Waals surface area (Å²) in [4.78, 5) is 0. The van der Waals surface area contributed by atoms with Gasteiger partial charge in [0.05, 0.1) is 12.7 Å². The van der Waals surface area contributed by atoms with Crippen LogP contribution < -0.4 is 4.74 Å². The van der Waals surface area contributed by atoms with Gasteiger partial charge >= 0.3 is 0 Å². The molecule has 0 radical (unpaired) electrons. The molecule has 1 saturated heterocycles. The first kappa shape index (κ1) is 19.8. The van der Waals surface area contributed by atoms with Crippen molar-refractivity contribution in [1.82, 2.24) is 0 Å². The minimum atomic E-state index is -1.23. The van der Waals surface area contributed by atoms with Gasteiger partial charge in [0.2, 0.25) is 0 Å². The largest absolute Gasteiger partial charge is 0.494 e. The maximum atomic E-state index is 10.4. The molecule has 146 valence electrons. The Morgan fingerprint density at radius 3 is 2.33 bits per heavy atom. The first-order valence-electron chi connectivity index (χ1n) is 9.41. The third-order valence-electron chi connectivity index (χ3n) is 5.18. The molecule has 1 fully saturated rings. The molecule has 1 aliphatic rings. The van der Waals surface area contributed by atoms with Crippen LogP contribution >= 0.6 is 0 Å². The molecule has 0 aromatic heterocycles. The second-order valence-corrected chi connectivity index (χ2v) is 7.17. The molecule has 0 spiro atoms. The van der Waals surface area contributed by atoms with Crippen molar-refractivity contribution in [2.45, 2.75) is 57.7 Å². The van der Waals surface area contributed by atoms with Crippen LogP contribution in [0.5, 0.6) is 5.75 Å². The van der Waals surface area contributed by atoms with E-state index in [9.17, 15) is 15.3 Å². The van der Waals surface area contributed by atoms with E-state index < -0.39 is 30.5 Å². The molecular weight excluding hydrogens is 344 g/mol. The van der Waals surface area contributed by atoms with Crippen molar-refractivity contribution >= 4 is 0 Å². The van der Waals surface area contributed by atoms with Gasteiger partial charge < -0.3 is 24.8 Å². The first-order valence-corrected chi connectivity index (χ1v) is 9.41. The summed E-state index contributed by atoms with van der Waals surface area (Å²) in [6.45, 7) is 6.35. The predicted molar refractivity (Wildman–Crippen MR) is 103 cm³/mol. The Morgan fingerprint density at radius 1 is 0.963 bits per heavy atom. The number of hydrogen-bond acceptors (Lipinski definition) is 5. The normalized spacial score (nSPS) is 28.1. The van der Waals surface area contributed by atoms with Crippen molar-refractivity contribution in [3.05, 3.63) is 64.7 Å². The number of ether oxygens (including phenoxy) is 2. The molecule has 1 aliphatic heterocycles. The fourth-order valence-electron chi connectivity index (χ4n) is 3.48. The summed E-state index contributed by atoms with van der Waals surface area (Å²) in [5.74, 6) is 0.854. The Bertz CT molecular complexity index is 758. The molecule has 1 unspecified atom stereocenters. The molecule has 5 nitrogen and oxygen atoms in total. The van der Waals surface area contributed by atoms with Crippen LogP contribution in [-0.2, 0) is 11.2 Å². The van der Waals surface area contributed by atoms with Gasteiger partial charge in [-0.25, -0.2) is 0 Å². The van der Waals surface area contributed by atoms with Crippen LogP contribution in [-0.4, -0.2) is 46.3 Å². The predicted octanol–water partition coefficient (Wildman–Crippen LogP) is 2.53. The zero-order chi connectivity index (χ0) is 19.6. The number of aryl methyl sites for hydroxylation is 1. The Hall–Kier alpha value is -1.92. The summed E-state index contributed by atoms with van der Waals surface area (Å²) >= 11 is 0. The van der Waals surface area contributed by atoms with Crippen molar-refractivity contribution in [3.63, 3.8) is 0 Å². The molecule has 0 bridgehead atoms. The Labute approximate surface area is 160 Å². The van der Waals surface area contributed by atoms with E-state index >= 15 is 0 Å². The van der Waals surface area contributed by atoms with E-state index in [2.05, 4.69) is 0 Å². The number of hydrogen-bond donors (Lipinski definition) is 3. The van der Waals surface area contributed by atoms with E-state index in [1.54, 1.807) is 6.92 Å². The van der Waals surface area contributed by atoms with Crippen molar-refractivity contribution in [2.75, 3.05) is 6.61 Å². The topological polar surface area (TPSA) is 79.2 Å². The van der Waals surface area contributed by atoms with Gasteiger partial charge in [-0.05, 0) is 61.6 Å². The molecule has 27 heavy (non-hydrogen) atoms. The van der Waals surface area contributed by atoms with Crippen LogP contribution in [0.1, 0.15) is 42.2 Å². The highest BCUT2D eigenvalue weighted by Crippen LogP contribution is 2.33. The van der Waals surface area contributed by atoms with E-state index in [-0.39, 0.29) is 0 Å². The Morgan fingerprint density at radius 2 is 1.67 bits per heavy atom. The molecule has 0 saturated carbocycles. The molecule has 0 aliphatic carbocycles. The molecule has 2 aromatic rings. The number of aliphatic hydroxyl groups excluding tert-OH is 3. The van der Waals surface area contributed by atoms with Crippen molar-refractivity contribution in [3.8, 4) is 5.75 Å². The summed E-state index contributed by atoms with van der Waals surface area (Å²) in [5, 5.41) is 30.3. The highest BCUT2D eigenvalue weighted by molar-refractivity contribution is 5.38. The van der Waals surface area contributed by atoms with Crippen molar-refractivity contribution in [2.24, 2.45) is 0 Å². The van der Waals surface area contributed by atoms with E-state index in [4.69, 9.17) is 9.47 Å². The van der Waals surface area contributed by atoms with Crippen LogP contribution in [0, 0.1) is 6.92 Å². The number of aliphatic hydroxyl groups is 3. The van der Waals surface area contributed by atoms with Crippen LogP contribution in [0.25, 0.3) is 0 Å². The van der Waals surface area contributed by atoms with Gasteiger partial charge in [0.25, 0.3) is 0 Å². The third-order valence-corrected chi connectivity index (χ3v) is 5.18. The lowest BCUT2D eigenvalue weighted by Gasteiger charge is -2.39. The molecule has 3 N–H and O–H groups in total. The summed E-state index contributed by atoms with van der Waals surface area (Å²) in [7, 11) is 0. The average molecular weight is 372 g/mol. The Kier molecular flexibility index (Phi) is 6.17. The maximum Gasteiger partial charge on any atom is 0.119 e. The van der Waals surface area contributed by atoms with E-state index in [1.807, 2.05) is 56.3 Å². The fourth-order valence-corrected chi connectivity index (χ4v) is 3.48. The molecular formula is C22H28O5. The molecule has 5 atom stereocenters. The van der Waals surface area contributed by atoms with Gasteiger partial charge in [0.15, 0.2) is 0 Å². The molecule has 2 aromatic carbocycles. The van der Waals surface area contributed by atoms with Crippen molar-refractivity contribution < 1.29 is 24.8 Å². The van der Waals surface area contributed by atoms with Gasteiger partial charge in [-0.1, -0.05) is 30.3 Å².